The number of rotatable bonds is 8. The molecule has 4 rings (SSSR count). The first kappa shape index (κ1) is 24.6. The third-order valence-electron chi connectivity index (χ3n) is 6.12. The van der Waals surface area contributed by atoms with Crippen molar-refractivity contribution in [1.82, 2.24) is 15.6 Å². The Labute approximate surface area is 209 Å². The monoisotopic (exact) mass is 488 g/mol. The minimum atomic E-state index is -0.654. The minimum Gasteiger partial charge on any atom is -0.463 e. The van der Waals surface area contributed by atoms with Crippen LogP contribution in [0.1, 0.15) is 49.7 Å². The van der Waals surface area contributed by atoms with Gasteiger partial charge in [-0.25, -0.2) is 4.79 Å². The molecule has 1 fully saturated rings. The molecule has 2 N–H and O–H groups in total. The first-order valence-electron chi connectivity index (χ1n) is 11.8. The summed E-state index contributed by atoms with van der Waals surface area (Å²) < 4.78 is 5.43. The second kappa shape index (κ2) is 11.7. The maximum atomic E-state index is 13.3. The number of pyridine rings is 1. The number of carbonyl (C=O) groups is 2. The molecule has 180 valence electrons. The minimum absolute atomic E-state index is 0.0598. The van der Waals surface area contributed by atoms with Gasteiger partial charge in [0.2, 0.25) is 5.91 Å². The summed E-state index contributed by atoms with van der Waals surface area (Å²) >= 11 is 1.28. The van der Waals surface area contributed by atoms with Gasteiger partial charge in [0.15, 0.2) is 0 Å². The number of esters is 1. The van der Waals surface area contributed by atoms with Crippen molar-refractivity contribution >= 4 is 29.3 Å². The molecule has 0 bridgehead atoms. The lowest BCUT2D eigenvalue weighted by atomic mass is 9.81. The zero-order chi connectivity index (χ0) is 24.6. The van der Waals surface area contributed by atoms with Crippen LogP contribution in [0.5, 0.6) is 0 Å². The molecule has 1 atom stereocenters. The van der Waals surface area contributed by atoms with E-state index in [4.69, 9.17) is 4.74 Å². The van der Waals surface area contributed by atoms with Crippen molar-refractivity contribution < 1.29 is 14.3 Å². The summed E-state index contributed by atoms with van der Waals surface area (Å²) in [7, 11) is 0. The average Bonchev–Trinajstić information content (AvgIpc) is 3.40. The number of hydrogen-bond donors (Lipinski definition) is 2. The van der Waals surface area contributed by atoms with Crippen molar-refractivity contribution in [3.05, 3.63) is 82.2 Å². The third-order valence-corrected chi connectivity index (χ3v) is 7.13. The standard InChI is InChI=1S/C27H28N4O3S/c1-2-34-27(33)24-23(18-12-14-29-15-13-18)21(16-28)26(31-25(24)19-8-4-3-5-9-19)35-17-22(32)30-20-10-6-7-11-20/h3-5,8-9,12-15,20,23,31H,2,6-7,10-11,17H2,1H3,(H,30,32). The number of nitrogens with zero attached hydrogens (tertiary/aromatic N) is 2. The van der Waals surface area contributed by atoms with Gasteiger partial charge in [0.1, 0.15) is 0 Å². The Morgan fingerprint density at radius 3 is 2.54 bits per heavy atom. The van der Waals surface area contributed by atoms with Gasteiger partial charge in [-0.05, 0) is 43.0 Å². The van der Waals surface area contributed by atoms with E-state index in [1.807, 2.05) is 30.3 Å². The van der Waals surface area contributed by atoms with Gasteiger partial charge in [-0.1, -0.05) is 54.9 Å². The molecule has 1 amide bonds. The van der Waals surface area contributed by atoms with E-state index in [0.29, 0.717) is 21.9 Å². The van der Waals surface area contributed by atoms with Gasteiger partial charge in [-0.15, -0.1) is 0 Å². The van der Waals surface area contributed by atoms with E-state index >= 15 is 0 Å². The van der Waals surface area contributed by atoms with Crippen molar-refractivity contribution in [2.24, 2.45) is 0 Å². The summed E-state index contributed by atoms with van der Waals surface area (Å²) in [5.41, 5.74) is 2.85. The number of aromatic nitrogens is 1. The predicted molar refractivity (Wildman–Crippen MR) is 136 cm³/mol. The van der Waals surface area contributed by atoms with Gasteiger partial charge < -0.3 is 15.4 Å². The Hall–Kier alpha value is -3.57. The van der Waals surface area contributed by atoms with Crippen LogP contribution in [0.25, 0.3) is 5.70 Å². The van der Waals surface area contributed by atoms with E-state index in [-0.39, 0.29) is 24.3 Å². The highest BCUT2D eigenvalue weighted by Crippen LogP contribution is 2.43. The van der Waals surface area contributed by atoms with Gasteiger partial charge in [0.05, 0.1) is 46.2 Å². The Morgan fingerprint density at radius 1 is 1.17 bits per heavy atom. The number of nitrogens with one attached hydrogen (secondary N) is 2. The molecule has 1 aliphatic carbocycles. The van der Waals surface area contributed by atoms with Crippen LogP contribution in [0.4, 0.5) is 0 Å². The quantitative estimate of drug-likeness (QED) is 0.535. The lowest BCUT2D eigenvalue weighted by Gasteiger charge is -2.30. The molecule has 2 aromatic rings. The number of dihydropyridines is 1. The van der Waals surface area contributed by atoms with E-state index in [1.165, 1.54) is 11.8 Å². The Morgan fingerprint density at radius 2 is 1.89 bits per heavy atom. The Bertz CT molecular complexity index is 1170. The summed E-state index contributed by atoms with van der Waals surface area (Å²) in [6.45, 7) is 1.96. The molecule has 1 saturated carbocycles. The first-order valence-corrected chi connectivity index (χ1v) is 12.8. The molecule has 2 heterocycles. The highest BCUT2D eigenvalue weighted by Gasteiger charge is 2.37. The van der Waals surface area contributed by atoms with Gasteiger partial charge in [0, 0.05) is 18.4 Å². The number of carbonyl (C=O) groups excluding carboxylic acids is 2. The fourth-order valence-electron chi connectivity index (χ4n) is 4.52. The molecule has 0 spiro atoms. The van der Waals surface area contributed by atoms with Crippen LogP contribution in [0.3, 0.4) is 0 Å². The maximum absolute atomic E-state index is 13.3. The van der Waals surface area contributed by atoms with Crippen LogP contribution < -0.4 is 10.6 Å². The zero-order valence-corrected chi connectivity index (χ0v) is 20.4. The average molecular weight is 489 g/mol. The summed E-state index contributed by atoms with van der Waals surface area (Å²) in [4.78, 5) is 30.0. The molecule has 0 radical (unpaired) electrons. The number of ether oxygens (including phenoxy) is 1. The number of amides is 1. The number of allylic oxidation sites excluding steroid dienone is 1. The zero-order valence-electron chi connectivity index (χ0n) is 19.6. The first-order chi connectivity index (χ1) is 17.1. The van der Waals surface area contributed by atoms with E-state index < -0.39 is 11.9 Å². The van der Waals surface area contributed by atoms with Crippen LogP contribution in [0.2, 0.25) is 0 Å². The third kappa shape index (κ3) is 5.75. The topological polar surface area (TPSA) is 104 Å². The normalized spacial score (nSPS) is 18.1. The van der Waals surface area contributed by atoms with Crippen LogP contribution in [-0.4, -0.2) is 35.3 Å². The molecule has 8 heteroatoms. The highest BCUT2D eigenvalue weighted by atomic mass is 32.2. The van der Waals surface area contributed by atoms with Gasteiger partial charge in [-0.2, -0.15) is 5.26 Å². The highest BCUT2D eigenvalue weighted by molar-refractivity contribution is 8.03. The molecule has 1 unspecified atom stereocenters. The van der Waals surface area contributed by atoms with E-state index in [9.17, 15) is 14.9 Å². The number of thioether (sulfide) groups is 1. The van der Waals surface area contributed by atoms with Crippen LogP contribution in [0.15, 0.2) is 71.0 Å². The van der Waals surface area contributed by atoms with Crippen LogP contribution >= 0.6 is 11.8 Å². The Kier molecular flexibility index (Phi) is 8.22. The van der Waals surface area contributed by atoms with Gasteiger partial charge in [-0.3, -0.25) is 9.78 Å². The molecule has 35 heavy (non-hydrogen) atoms. The second-order valence-corrected chi connectivity index (χ2v) is 9.39. The lowest BCUT2D eigenvalue weighted by molar-refractivity contribution is -0.138. The SMILES string of the molecule is CCOC(=O)C1=C(c2ccccc2)NC(SCC(=O)NC2CCCC2)=C(C#N)C1c1ccncc1. The number of benzene rings is 1. The predicted octanol–water partition coefficient (Wildman–Crippen LogP) is 4.27. The second-order valence-electron chi connectivity index (χ2n) is 8.41. The molecule has 1 aliphatic heterocycles. The summed E-state index contributed by atoms with van der Waals surface area (Å²) in [5.74, 6) is -1.03. The fourth-order valence-corrected chi connectivity index (χ4v) is 5.38. The molecule has 1 aromatic heterocycles. The summed E-state index contributed by atoms with van der Waals surface area (Å²) in [5, 5.41) is 17.2. The maximum Gasteiger partial charge on any atom is 0.337 e. The van der Waals surface area contributed by atoms with Crippen molar-refractivity contribution in [2.75, 3.05) is 12.4 Å². The van der Waals surface area contributed by atoms with Crippen molar-refractivity contribution in [3.63, 3.8) is 0 Å². The van der Waals surface area contributed by atoms with Crippen LogP contribution in [-0.2, 0) is 14.3 Å². The van der Waals surface area contributed by atoms with Crippen molar-refractivity contribution in [1.29, 1.82) is 5.26 Å². The number of nitriles is 1. The van der Waals surface area contributed by atoms with Crippen LogP contribution in [0, 0.1) is 11.3 Å². The fraction of sp³-hybridized carbons (Fsp3) is 0.333. The number of hydrogen-bond acceptors (Lipinski definition) is 7. The smallest absolute Gasteiger partial charge is 0.337 e. The van der Waals surface area contributed by atoms with E-state index in [1.54, 1.807) is 31.5 Å². The van der Waals surface area contributed by atoms with E-state index in [2.05, 4.69) is 21.7 Å². The van der Waals surface area contributed by atoms with E-state index in [0.717, 1.165) is 36.8 Å². The molecular weight excluding hydrogens is 460 g/mol. The summed E-state index contributed by atoms with van der Waals surface area (Å²) in [6, 6.07) is 15.6. The molecule has 7 nitrogen and oxygen atoms in total. The van der Waals surface area contributed by atoms with Gasteiger partial charge in [0.25, 0.3) is 0 Å². The molecule has 0 saturated heterocycles. The molecule has 2 aliphatic rings. The molecular formula is C27H28N4O3S. The largest absolute Gasteiger partial charge is 0.463 e. The molecule has 1 aromatic carbocycles. The van der Waals surface area contributed by atoms with Crippen molar-refractivity contribution in [3.8, 4) is 6.07 Å². The van der Waals surface area contributed by atoms with Gasteiger partial charge >= 0.3 is 5.97 Å². The van der Waals surface area contributed by atoms with Crippen molar-refractivity contribution in [2.45, 2.75) is 44.6 Å². The Balaban J connectivity index is 1.74. The lowest BCUT2D eigenvalue weighted by Crippen LogP contribution is -2.34. The summed E-state index contributed by atoms with van der Waals surface area (Å²) in [6.07, 6.45) is 7.57.